The number of ether oxygens (including phenoxy) is 2. The van der Waals surface area contributed by atoms with Gasteiger partial charge in [-0.25, -0.2) is 0 Å². The highest BCUT2D eigenvalue weighted by Gasteiger charge is 2.27. The summed E-state index contributed by atoms with van der Waals surface area (Å²) in [7, 11) is 0. The molecular weight excluding hydrogens is 290 g/mol. The lowest BCUT2D eigenvalue weighted by Crippen LogP contribution is -2.40. The van der Waals surface area contributed by atoms with E-state index in [9.17, 15) is 4.79 Å². The highest BCUT2D eigenvalue weighted by molar-refractivity contribution is 6.03. The van der Waals surface area contributed by atoms with E-state index in [-0.39, 0.29) is 12.5 Å². The molecule has 1 heterocycles. The number of carbonyl (C=O) groups excluding carboxylic acids is 1. The summed E-state index contributed by atoms with van der Waals surface area (Å²) in [6.45, 7) is 0.202. The Bertz CT molecular complexity index is 870. The van der Waals surface area contributed by atoms with Crippen LogP contribution in [0.1, 0.15) is 0 Å². The van der Waals surface area contributed by atoms with Gasteiger partial charge in [0, 0.05) is 11.1 Å². The van der Waals surface area contributed by atoms with E-state index in [1.807, 2.05) is 60.7 Å². The minimum atomic E-state index is -0.663. The van der Waals surface area contributed by atoms with Gasteiger partial charge in [-0.2, -0.15) is 0 Å². The summed E-state index contributed by atoms with van der Waals surface area (Å²) in [4.78, 5) is 12.5. The van der Waals surface area contributed by atoms with Crippen molar-refractivity contribution in [3.63, 3.8) is 0 Å². The van der Waals surface area contributed by atoms with Crippen LogP contribution in [0.15, 0.2) is 66.7 Å². The van der Waals surface area contributed by atoms with Crippen LogP contribution in [0, 0.1) is 0 Å². The number of amides is 1. The highest BCUT2D eigenvalue weighted by Crippen LogP contribution is 2.31. The van der Waals surface area contributed by atoms with Gasteiger partial charge in [-0.3, -0.25) is 4.79 Å². The van der Waals surface area contributed by atoms with Crippen molar-refractivity contribution in [2.24, 2.45) is 0 Å². The first-order valence-corrected chi connectivity index (χ1v) is 7.48. The highest BCUT2D eigenvalue weighted by atomic mass is 16.6. The van der Waals surface area contributed by atoms with Gasteiger partial charge in [0.05, 0.1) is 0 Å². The molecule has 1 N–H and O–H groups in total. The largest absolute Gasteiger partial charge is 0.485 e. The number of benzene rings is 3. The molecule has 0 fully saturated rings. The van der Waals surface area contributed by atoms with Gasteiger partial charge in [0.2, 0.25) is 6.10 Å². The minimum Gasteiger partial charge on any atom is -0.485 e. The van der Waals surface area contributed by atoms with Gasteiger partial charge in [0.15, 0.2) is 11.5 Å². The van der Waals surface area contributed by atoms with Gasteiger partial charge in [0.25, 0.3) is 5.91 Å². The van der Waals surface area contributed by atoms with E-state index in [0.29, 0.717) is 11.5 Å². The van der Waals surface area contributed by atoms with Gasteiger partial charge in [-0.05, 0) is 23.6 Å². The first kappa shape index (κ1) is 13.6. The van der Waals surface area contributed by atoms with Crippen LogP contribution < -0.4 is 14.8 Å². The van der Waals surface area contributed by atoms with Crippen molar-refractivity contribution in [3.05, 3.63) is 66.7 Å². The molecule has 0 unspecified atom stereocenters. The normalized spacial score (nSPS) is 16.1. The molecule has 3 aromatic rings. The average molecular weight is 305 g/mol. The minimum absolute atomic E-state index is 0.202. The summed E-state index contributed by atoms with van der Waals surface area (Å²) in [6.07, 6.45) is -0.663. The summed E-state index contributed by atoms with van der Waals surface area (Å²) in [5.41, 5.74) is 0.774. The zero-order chi connectivity index (χ0) is 15.6. The standard InChI is InChI=1S/C19H15NO3/c21-19(18-12-22-16-10-3-4-11-17(16)23-18)20-15-9-5-7-13-6-1-2-8-14(13)15/h1-11,18H,12H2,(H,20,21)/t18-/m1/s1. The molecule has 4 nitrogen and oxygen atoms in total. The summed E-state index contributed by atoms with van der Waals surface area (Å²) >= 11 is 0. The number of rotatable bonds is 2. The van der Waals surface area contributed by atoms with Crippen molar-refractivity contribution >= 4 is 22.4 Å². The van der Waals surface area contributed by atoms with Crippen LogP contribution in [0.5, 0.6) is 11.5 Å². The Kier molecular flexibility index (Phi) is 3.35. The summed E-state index contributed by atoms with van der Waals surface area (Å²) in [5, 5.41) is 5.02. The van der Waals surface area contributed by atoms with E-state index in [1.165, 1.54) is 0 Å². The molecule has 1 atom stereocenters. The zero-order valence-electron chi connectivity index (χ0n) is 12.4. The number of fused-ring (bicyclic) bond motifs is 2. The van der Waals surface area contributed by atoms with Crippen LogP contribution in [0.25, 0.3) is 10.8 Å². The van der Waals surface area contributed by atoms with Gasteiger partial charge >= 0.3 is 0 Å². The fourth-order valence-electron chi connectivity index (χ4n) is 2.70. The lowest BCUT2D eigenvalue weighted by Gasteiger charge is -2.25. The van der Waals surface area contributed by atoms with E-state index in [1.54, 1.807) is 6.07 Å². The molecule has 0 radical (unpaired) electrons. The second-order valence-corrected chi connectivity index (χ2v) is 5.38. The predicted octanol–water partition coefficient (Wildman–Crippen LogP) is 3.62. The molecule has 114 valence electrons. The van der Waals surface area contributed by atoms with Crippen molar-refractivity contribution in [2.45, 2.75) is 6.10 Å². The lowest BCUT2D eigenvalue weighted by atomic mass is 10.1. The second-order valence-electron chi connectivity index (χ2n) is 5.38. The van der Waals surface area contributed by atoms with Crippen molar-refractivity contribution in [1.82, 2.24) is 0 Å². The Balaban J connectivity index is 1.56. The summed E-state index contributed by atoms with van der Waals surface area (Å²) in [6, 6.07) is 21.1. The molecule has 0 aliphatic carbocycles. The average Bonchev–Trinajstić information content (AvgIpc) is 2.61. The number of anilines is 1. The second kappa shape index (κ2) is 5.65. The van der Waals surface area contributed by atoms with Crippen molar-refractivity contribution in [1.29, 1.82) is 0 Å². The topological polar surface area (TPSA) is 47.6 Å². The maximum absolute atomic E-state index is 12.5. The molecule has 3 aromatic carbocycles. The lowest BCUT2D eigenvalue weighted by molar-refractivity contribution is -0.125. The predicted molar refractivity (Wildman–Crippen MR) is 88.9 cm³/mol. The van der Waals surface area contributed by atoms with Crippen molar-refractivity contribution in [2.75, 3.05) is 11.9 Å². The fraction of sp³-hybridized carbons (Fsp3) is 0.105. The third-order valence-corrected chi connectivity index (χ3v) is 3.85. The van der Waals surface area contributed by atoms with Crippen LogP contribution in [0.4, 0.5) is 5.69 Å². The smallest absolute Gasteiger partial charge is 0.269 e. The molecule has 4 heteroatoms. The summed E-state index contributed by atoms with van der Waals surface area (Å²) in [5.74, 6) is 1.05. The molecule has 0 spiro atoms. The SMILES string of the molecule is O=C(Nc1cccc2ccccc12)[C@H]1COc2ccccc2O1. The monoisotopic (exact) mass is 305 g/mol. The van der Waals surface area contributed by atoms with E-state index >= 15 is 0 Å². The van der Waals surface area contributed by atoms with Crippen LogP contribution in [0.2, 0.25) is 0 Å². The van der Waals surface area contributed by atoms with Crippen LogP contribution in [0.3, 0.4) is 0 Å². The number of carbonyl (C=O) groups is 1. The molecule has 0 saturated carbocycles. The molecule has 1 amide bonds. The van der Waals surface area contributed by atoms with Gasteiger partial charge in [-0.15, -0.1) is 0 Å². The molecule has 0 bridgehead atoms. The number of para-hydroxylation sites is 2. The van der Waals surface area contributed by atoms with Crippen LogP contribution >= 0.6 is 0 Å². The first-order valence-electron chi connectivity index (χ1n) is 7.48. The number of hydrogen-bond donors (Lipinski definition) is 1. The van der Waals surface area contributed by atoms with E-state index < -0.39 is 6.10 Å². The van der Waals surface area contributed by atoms with Gasteiger partial charge in [0.1, 0.15) is 6.61 Å². The Hall–Kier alpha value is -3.01. The molecule has 1 aliphatic rings. The Morgan fingerprint density at radius 2 is 1.65 bits per heavy atom. The van der Waals surface area contributed by atoms with Crippen LogP contribution in [-0.2, 0) is 4.79 Å². The Labute approximate surface area is 133 Å². The summed E-state index contributed by atoms with van der Waals surface area (Å²) < 4.78 is 11.3. The van der Waals surface area contributed by atoms with E-state index in [4.69, 9.17) is 9.47 Å². The zero-order valence-corrected chi connectivity index (χ0v) is 12.4. The quantitative estimate of drug-likeness (QED) is 0.786. The Morgan fingerprint density at radius 3 is 2.57 bits per heavy atom. The fourth-order valence-corrected chi connectivity index (χ4v) is 2.70. The van der Waals surface area contributed by atoms with Gasteiger partial charge < -0.3 is 14.8 Å². The molecular formula is C19H15NO3. The molecule has 23 heavy (non-hydrogen) atoms. The molecule has 0 saturated heterocycles. The maximum atomic E-state index is 12.5. The third kappa shape index (κ3) is 2.59. The van der Waals surface area contributed by atoms with Crippen molar-refractivity contribution in [3.8, 4) is 11.5 Å². The maximum Gasteiger partial charge on any atom is 0.269 e. The van der Waals surface area contributed by atoms with E-state index in [2.05, 4.69) is 5.32 Å². The van der Waals surface area contributed by atoms with Gasteiger partial charge in [-0.1, -0.05) is 48.5 Å². The van der Waals surface area contributed by atoms with Crippen molar-refractivity contribution < 1.29 is 14.3 Å². The number of nitrogens with one attached hydrogen (secondary N) is 1. The molecule has 1 aliphatic heterocycles. The Morgan fingerprint density at radius 1 is 0.913 bits per heavy atom. The van der Waals surface area contributed by atoms with E-state index in [0.717, 1.165) is 16.5 Å². The third-order valence-electron chi connectivity index (χ3n) is 3.85. The first-order chi connectivity index (χ1) is 11.3. The number of hydrogen-bond acceptors (Lipinski definition) is 3. The molecule has 0 aromatic heterocycles. The molecule has 4 rings (SSSR count). The van der Waals surface area contributed by atoms with Crippen LogP contribution in [-0.4, -0.2) is 18.6 Å².